The van der Waals surface area contributed by atoms with E-state index >= 15 is 0 Å². The first-order chi connectivity index (χ1) is 27.6. The Morgan fingerprint density at radius 2 is 0.679 bits per heavy atom. The summed E-state index contributed by atoms with van der Waals surface area (Å²) >= 11 is 0. The van der Waals surface area contributed by atoms with Gasteiger partial charge in [0.05, 0.1) is 12.6 Å². The van der Waals surface area contributed by atoms with Crippen molar-refractivity contribution >= 4 is 11.7 Å². The Morgan fingerprint density at radius 1 is 0.393 bits per heavy atom. The molecule has 0 aliphatic rings. The van der Waals surface area contributed by atoms with Gasteiger partial charge in [-0.3, -0.25) is 9.59 Å². The largest absolute Gasteiger partial charge is 0.394 e. The second-order valence-corrected chi connectivity index (χ2v) is 17.8. The quantitative estimate of drug-likeness (QED) is 0.0477. The molecule has 0 aliphatic heterocycles. The predicted octanol–water partition coefficient (Wildman–Crippen LogP) is 16.8. The number of aliphatic hydroxyl groups is 1. The third-order valence-corrected chi connectivity index (χ3v) is 12.1. The topological polar surface area (TPSA) is 66.4 Å². The molecule has 4 nitrogen and oxygen atoms in total. The van der Waals surface area contributed by atoms with Crippen molar-refractivity contribution in [1.29, 1.82) is 0 Å². The minimum absolute atomic E-state index is 0.0591. The molecule has 1 amide bonds. The summed E-state index contributed by atoms with van der Waals surface area (Å²) in [7, 11) is 0. The van der Waals surface area contributed by atoms with E-state index in [9.17, 15) is 14.7 Å². The fourth-order valence-corrected chi connectivity index (χ4v) is 8.16. The first-order valence-electron chi connectivity index (χ1n) is 25.7. The van der Waals surface area contributed by atoms with Crippen molar-refractivity contribution in [3.8, 4) is 0 Å². The van der Waals surface area contributed by atoms with Crippen LogP contribution in [0.15, 0.2) is 12.2 Å². The molecule has 1 unspecified atom stereocenters. The Kier molecular flexibility index (Phi) is 47.2. The molecule has 0 aliphatic carbocycles. The number of unbranched alkanes of at least 4 members (excludes halogenated alkanes) is 36. The molecular weight excluding hydrogens is 687 g/mol. The zero-order valence-corrected chi connectivity index (χ0v) is 38.3. The third kappa shape index (κ3) is 45.5. The number of hydrogen-bond donors (Lipinski definition) is 2. The number of allylic oxidation sites excluding steroid dienone is 2. The van der Waals surface area contributed by atoms with Gasteiger partial charge in [0.1, 0.15) is 5.78 Å². The summed E-state index contributed by atoms with van der Waals surface area (Å²) in [6.45, 7) is 4.62. The summed E-state index contributed by atoms with van der Waals surface area (Å²) in [5.41, 5.74) is 0. The standard InChI is InChI=1S/C52H101NO3/c1-3-5-7-9-11-13-15-17-19-22-26-30-34-38-42-46-51(55)47-43-39-35-31-27-23-20-24-28-32-36-40-44-48-52(56)53-50(49-54)45-41-37-33-29-25-21-18-16-14-12-10-8-6-4-2/h17,19,50,54H,3-16,18,20-49H2,1-2H3,(H,53,56). The molecule has 0 aromatic carbocycles. The summed E-state index contributed by atoms with van der Waals surface area (Å²) in [6.07, 6.45) is 60.0. The molecule has 0 bridgehead atoms. The predicted molar refractivity (Wildman–Crippen MR) is 248 cm³/mol. The maximum Gasteiger partial charge on any atom is 0.220 e. The molecule has 2 N–H and O–H groups in total. The lowest BCUT2D eigenvalue weighted by Gasteiger charge is -2.16. The molecule has 0 fully saturated rings. The molecule has 4 heteroatoms. The second-order valence-electron chi connectivity index (χ2n) is 17.8. The number of amides is 1. The molecule has 0 radical (unpaired) electrons. The van der Waals surface area contributed by atoms with Crippen LogP contribution in [-0.2, 0) is 9.59 Å². The highest BCUT2D eigenvalue weighted by molar-refractivity contribution is 5.78. The molecule has 0 aromatic rings. The van der Waals surface area contributed by atoms with Crippen LogP contribution in [0, 0.1) is 0 Å². The van der Waals surface area contributed by atoms with Gasteiger partial charge in [-0.05, 0) is 51.4 Å². The highest BCUT2D eigenvalue weighted by atomic mass is 16.3. The van der Waals surface area contributed by atoms with Gasteiger partial charge in [-0.15, -0.1) is 0 Å². The van der Waals surface area contributed by atoms with Gasteiger partial charge in [0, 0.05) is 19.3 Å². The van der Waals surface area contributed by atoms with Gasteiger partial charge in [-0.1, -0.05) is 238 Å². The van der Waals surface area contributed by atoms with Crippen LogP contribution in [-0.4, -0.2) is 29.4 Å². The number of Topliss-reactive ketones (excluding diaryl/α,β-unsaturated/α-hetero) is 1. The van der Waals surface area contributed by atoms with Crippen LogP contribution in [0.5, 0.6) is 0 Å². The average molecular weight is 788 g/mol. The van der Waals surface area contributed by atoms with E-state index in [0.717, 1.165) is 51.4 Å². The molecule has 0 saturated heterocycles. The molecular formula is C52H101NO3. The van der Waals surface area contributed by atoms with E-state index in [4.69, 9.17) is 0 Å². The van der Waals surface area contributed by atoms with Gasteiger partial charge in [0.15, 0.2) is 0 Å². The smallest absolute Gasteiger partial charge is 0.220 e. The number of carbonyl (C=O) groups is 2. The van der Waals surface area contributed by atoms with E-state index in [1.165, 1.54) is 225 Å². The minimum Gasteiger partial charge on any atom is -0.394 e. The molecule has 0 heterocycles. The fraction of sp³-hybridized carbons (Fsp3) is 0.923. The Labute approximate surface area is 351 Å². The summed E-state index contributed by atoms with van der Waals surface area (Å²) in [4.78, 5) is 24.6. The van der Waals surface area contributed by atoms with E-state index in [-0.39, 0.29) is 18.6 Å². The fourth-order valence-electron chi connectivity index (χ4n) is 8.16. The van der Waals surface area contributed by atoms with Crippen molar-refractivity contribution in [2.75, 3.05) is 6.61 Å². The lowest BCUT2D eigenvalue weighted by atomic mass is 10.0. The summed E-state index contributed by atoms with van der Waals surface area (Å²) < 4.78 is 0. The van der Waals surface area contributed by atoms with E-state index in [1.54, 1.807) is 0 Å². The van der Waals surface area contributed by atoms with Gasteiger partial charge in [-0.25, -0.2) is 0 Å². The number of carbonyl (C=O) groups excluding carboxylic acids is 2. The van der Waals surface area contributed by atoms with Crippen molar-refractivity contribution in [3.05, 3.63) is 12.2 Å². The van der Waals surface area contributed by atoms with Gasteiger partial charge < -0.3 is 10.4 Å². The molecule has 56 heavy (non-hydrogen) atoms. The zero-order chi connectivity index (χ0) is 40.7. The minimum atomic E-state index is -0.0685. The van der Waals surface area contributed by atoms with Gasteiger partial charge in [0.25, 0.3) is 0 Å². The van der Waals surface area contributed by atoms with Crippen molar-refractivity contribution in [2.24, 2.45) is 0 Å². The summed E-state index contributed by atoms with van der Waals surface area (Å²) in [6, 6.07) is -0.0685. The van der Waals surface area contributed by atoms with E-state index in [0.29, 0.717) is 12.2 Å². The first-order valence-corrected chi connectivity index (χ1v) is 25.7. The van der Waals surface area contributed by atoms with Crippen LogP contribution in [0.25, 0.3) is 0 Å². The van der Waals surface area contributed by atoms with E-state index < -0.39 is 0 Å². The van der Waals surface area contributed by atoms with Gasteiger partial charge >= 0.3 is 0 Å². The number of ketones is 1. The Morgan fingerprint density at radius 3 is 1.02 bits per heavy atom. The average Bonchev–Trinajstić information content (AvgIpc) is 3.20. The van der Waals surface area contributed by atoms with Crippen LogP contribution in [0.4, 0.5) is 0 Å². The Bertz CT molecular complexity index is 810. The number of rotatable bonds is 48. The first kappa shape index (κ1) is 54.8. The summed E-state index contributed by atoms with van der Waals surface area (Å²) in [5, 5.41) is 12.8. The van der Waals surface area contributed by atoms with Gasteiger partial charge in [-0.2, -0.15) is 0 Å². The highest BCUT2D eigenvalue weighted by Crippen LogP contribution is 2.17. The highest BCUT2D eigenvalue weighted by Gasteiger charge is 2.11. The lowest BCUT2D eigenvalue weighted by molar-refractivity contribution is -0.122. The molecule has 0 spiro atoms. The maximum absolute atomic E-state index is 12.4. The SMILES string of the molecule is CCCCCCCCC=CCCCCCCCC(=O)CCCCCCCCCCCCCCCC(=O)NC(CO)CCCCCCCCCCCCCCCC. The monoisotopic (exact) mass is 788 g/mol. The maximum atomic E-state index is 12.4. The summed E-state index contributed by atoms with van der Waals surface area (Å²) in [5.74, 6) is 0.613. The van der Waals surface area contributed by atoms with Crippen LogP contribution in [0.1, 0.15) is 296 Å². The normalized spacial score (nSPS) is 12.2. The molecule has 0 saturated carbocycles. The van der Waals surface area contributed by atoms with Crippen molar-refractivity contribution in [2.45, 2.75) is 302 Å². The molecule has 1 atom stereocenters. The van der Waals surface area contributed by atoms with Crippen molar-refractivity contribution in [1.82, 2.24) is 5.32 Å². The molecule has 0 rings (SSSR count). The van der Waals surface area contributed by atoms with E-state index in [1.807, 2.05) is 0 Å². The third-order valence-electron chi connectivity index (χ3n) is 12.1. The van der Waals surface area contributed by atoms with Crippen LogP contribution in [0.2, 0.25) is 0 Å². The Hall–Kier alpha value is -1.16. The number of hydrogen-bond acceptors (Lipinski definition) is 3. The van der Waals surface area contributed by atoms with Crippen LogP contribution < -0.4 is 5.32 Å². The molecule has 332 valence electrons. The zero-order valence-electron chi connectivity index (χ0n) is 38.3. The van der Waals surface area contributed by atoms with Crippen LogP contribution in [0.3, 0.4) is 0 Å². The van der Waals surface area contributed by atoms with Gasteiger partial charge in [0.2, 0.25) is 5.91 Å². The number of aliphatic hydroxyl groups excluding tert-OH is 1. The number of nitrogens with one attached hydrogen (secondary N) is 1. The molecule has 0 aromatic heterocycles. The lowest BCUT2D eigenvalue weighted by Crippen LogP contribution is -2.37. The van der Waals surface area contributed by atoms with Crippen molar-refractivity contribution < 1.29 is 14.7 Å². The van der Waals surface area contributed by atoms with Crippen LogP contribution >= 0.6 is 0 Å². The van der Waals surface area contributed by atoms with E-state index in [2.05, 4.69) is 31.3 Å². The Balaban J connectivity index is 3.38. The van der Waals surface area contributed by atoms with Crippen molar-refractivity contribution in [3.63, 3.8) is 0 Å². The second kappa shape index (κ2) is 48.2.